The number of carbonyl (C=O) groups is 1. The fourth-order valence-electron chi connectivity index (χ4n) is 2.72. The molecule has 2 heterocycles. The van der Waals surface area contributed by atoms with E-state index in [1.54, 1.807) is 0 Å². The second kappa shape index (κ2) is 3.59. The van der Waals surface area contributed by atoms with E-state index in [2.05, 4.69) is 0 Å². The maximum atomic E-state index is 13.3. The predicted octanol–water partition coefficient (Wildman–Crippen LogP) is 1.29. The number of hydrogen-bond acceptors (Lipinski definition) is 3. The van der Waals surface area contributed by atoms with E-state index in [4.69, 9.17) is 4.74 Å². The Kier molecular flexibility index (Phi) is 2.54. The van der Waals surface area contributed by atoms with Gasteiger partial charge in [-0.3, -0.25) is 9.69 Å². The first-order chi connectivity index (χ1) is 7.12. The van der Waals surface area contributed by atoms with Crippen molar-refractivity contribution in [3.05, 3.63) is 11.6 Å². The summed E-state index contributed by atoms with van der Waals surface area (Å²) in [7, 11) is 1.37. The number of rotatable bonds is 1. The van der Waals surface area contributed by atoms with E-state index >= 15 is 0 Å². The third-order valence-electron chi connectivity index (χ3n) is 3.47. The average Bonchev–Trinajstić information content (AvgIpc) is 2.69. The third-order valence-corrected chi connectivity index (χ3v) is 3.47. The minimum absolute atomic E-state index is 0.275. The van der Waals surface area contributed by atoms with Crippen LogP contribution in [0.1, 0.15) is 19.8 Å². The quantitative estimate of drug-likeness (QED) is 0.485. The number of fused-ring (bicyclic) bond motifs is 1. The van der Waals surface area contributed by atoms with Crippen LogP contribution in [0, 0.1) is 0 Å². The average molecular weight is 213 g/mol. The van der Waals surface area contributed by atoms with Gasteiger partial charge in [0.1, 0.15) is 11.7 Å². The van der Waals surface area contributed by atoms with E-state index in [1.807, 2.05) is 17.9 Å². The summed E-state index contributed by atoms with van der Waals surface area (Å²) in [5.74, 6) is -0.292. The van der Waals surface area contributed by atoms with Gasteiger partial charge in [0.05, 0.1) is 7.11 Å². The van der Waals surface area contributed by atoms with E-state index < -0.39 is 11.7 Å². The minimum atomic E-state index is -0.900. The zero-order chi connectivity index (χ0) is 11.1. The highest BCUT2D eigenvalue weighted by atomic mass is 19.1. The molecule has 2 aliphatic heterocycles. The van der Waals surface area contributed by atoms with Gasteiger partial charge in [-0.25, -0.2) is 4.39 Å². The fraction of sp³-hybridized carbons (Fsp3) is 0.727. The largest absolute Gasteiger partial charge is 0.468 e. The summed E-state index contributed by atoms with van der Waals surface area (Å²) in [6, 6.07) is 0. The van der Waals surface area contributed by atoms with Gasteiger partial charge >= 0.3 is 5.97 Å². The van der Waals surface area contributed by atoms with Crippen molar-refractivity contribution in [3.8, 4) is 0 Å². The lowest BCUT2D eigenvalue weighted by molar-refractivity contribution is -0.151. The molecule has 15 heavy (non-hydrogen) atoms. The molecule has 2 aliphatic rings. The van der Waals surface area contributed by atoms with Gasteiger partial charge in [-0.1, -0.05) is 11.6 Å². The highest BCUT2D eigenvalue weighted by Gasteiger charge is 2.56. The molecule has 2 atom stereocenters. The lowest BCUT2D eigenvalue weighted by Gasteiger charge is -2.27. The monoisotopic (exact) mass is 213 g/mol. The molecule has 0 bridgehead atoms. The van der Waals surface area contributed by atoms with Gasteiger partial charge < -0.3 is 4.74 Å². The van der Waals surface area contributed by atoms with Crippen LogP contribution in [-0.4, -0.2) is 42.8 Å². The standard InChI is InChI=1S/C11H16FNO2/c1-3-8-4-11(10(14)15-2)5-9(12)7-13(11)6-8/h3,9H,4-7H2,1-2H3. The summed E-state index contributed by atoms with van der Waals surface area (Å²) in [5, 5.41) is 0. The molecule has 0 spiro atoms. The number of ether oxygens (including phenoxy) is 1. The van der Waals surface area contributed by atoms with Crippen LogP contribution in [0.25, 0.3) is 0 Å². The van der Waals surface area contributed by atoms with E-state index in [9.17, 15) is 9.18 Å². The Labute approximate surface area is 88.9 Å². The molecule has 0 N–H and O–H groups in total. The van der Waals surface area contributed by atoms with Crippen molar-refractivity contribution in [1.82, 2.24) is 4.90 Å². The van der Waals surface area contributed by atoms with Crippen molar-refractivity contribution in [2.45, 2.75) is 31.5 Å². The molecule has 2 saturated heterocycles. The number of halogens is 1. The number of carbonyl (C=O) groups excluding carboxylic acids is 1. The van der Waals surface area contributed by atoms with E-state index in [0.717, 1.165) is 0 Å². The Morgan fingerprint density at radius 2 is 2.47 bits per heavy atom. The molecule has 0 amide bonds. The molecule has 2 rings (SSSR count). The molecule has 0 aromatic rings. The van der Waals surface area contributed by atoms with Crippen LogP contribution in [0.4, 0.5) is 4.39 Å². The number of hydrogen-bond donors (Lipinski definition) is 0. The van der Waals surface area contributed by atoms with Crippen molar-refractivity contribution < 1.29 is 13.9 Å². The van der Waals surface area contributed by atoms with Crippen LogP contribution in [0.2, 0.25) is 0 Å². The van der Waals surface area contributed by atoms with Crippen molar-refractivity contribution in [2.24, 2.45) is 0 Å². The molecule has 0 aromatic heterocycles. The Morgan fingerprint density at radius 3 is 3.07 bits per heavy atom. The summed E-state index contributed by atoms with van der Waals surface area (Å²) >= 11 is 0. The van der Waals surface area contributed by atoms with Gasteiger partial charge in [0.2, 0.25) is 0 Å². The van der Waals surface area contributed by atoms with Crippen LogP contribution in [-0.2, 0) is 9.53 Å². The second-order valence-electron chi connectivity index (χ2n) is 4.33. The summed E-state index contributed by atoms with van der Waals surface area (Å²) in [6.07, 6.45) is 2.01. The molecule has 4 heteroatoms. The normalized spacial score (nSPS) is 38.3. The summed E-state index contributed by atoms with van der Waals surface area (Å²) in [5.41, 5.74) is 0.489. The van der Waals surface area contributed by atoms with Gasteiger partial charge in [0, 0.05) is 19.5 Å². The summed E-state index contributed by atoms with van der Waals surface area (Å²) in [6.45, 7) is 3.01. The maximum Gasteiger partial charge on any atom is 0.326 e. The van der Waals surface area contributed by atoms with Gasteiger partial charge in [-0.15, -0.1) is 0 Å². The Hall–Kier alpha value is -0.900. The summed E-state index contributed by atoms with van der Waals surface area (Å²) in [4.78, 5) is 13.7. The summed E-state index contributed by atoms with van der Waals surface area (Å²) < 4.78 is 18.2. The Morgan fingerprint density at radius 1 is 1.73 bits per heavy atom. The predicted molar refractivity (Wildman–Crippen MR) is 54.2 cm³/mol. The zero-order valence-electron chi connectivity index (χ0n) is 9.12. The van der Waals surface area contributed by atoms with Crippen LogP contribution < -0.4 is 0 Å². The van der Waals surface area contributed by atoms with E-state index in [-0.39, 0.29) is 12.4 Å². The smallest absolute Gasteiger partial charge is 0.326 e. The van der Waals surface area contributed by atoms with Gasteiger partial charge in [-0.05, 0) is 13.3 Å². The van der Waals surface area contributed by atoms with Crippen LogP contribution in [0.3, 0.4) is 0 Å². The van der Waals surface area contributed by atoms with Crippen molar-refractivity contribution in [1.29, 1.82) is 0 Å². The fourth-order valence-corrected chi connectivity index (χ4v) is 2.72. The van der Waals surface area contributed by atoms with Crippen molar-refractivity contribution in [3.63, 3.8) is 0 Å². The lowest BCUT2D eigenvalue weighted by atomic mass is 9.92. The van der Waals surface area contributed by atoms with Gasteiger partial charge in [-0.2, -0.15) is 0 Å². The number of methoxy groups -OCH3 is 1. The maximum absolute atomic E-state index is 13.3. The molecule has 2 unspecified atom stereocenters. The molecule has 0 saturated carbocycles. The number of nitrogens with zero attached hydrogens (tertiary/aromatic N) is 1. The Balaban J connectivity index is 2.29. The van der Waals surface area contributed by atoms with Crippen LogP contribution in [0.5, 0.6) is 0 Å². The second-order valence-corrected chi connectivity index (χ2v) is 4.33. The third kappa shape index (κ3) is 1.47. The lowest BCUT2D eigenvalue weighted by Crippen LogP contribution is -2.46. The molecule has 2 fully saturated rings. The Bertz CT molecular complexity index is 316. The van der Waals surface area contributed by atoms with Crippen LogP contribution >= 0.6 is 0 Å². The first-order valence-electron chi connectivity index (χ1n) is 5.24. The first kappa shape index (κ1) is 10.6. The number of allylic oxidation sites excluding steroid dienone is 1. The van der Waals surface area contributed by atoms with E-state index in [1.165, 1.54) is 12.7 Å². The molecule has 0 radical (unpaired) electrons. The first-order valence-corrected chi connectivity index (χ1v) is 5.24. The van der Waals surface area contributed by atoms with Gasteiger partial charge in [0.25, 0.3) is 0 Å². The molecule has 84 valence electrons. The molecular formula is C11H16FNO2. The molecule has 3 nitrogen and oxygen atoms in total. The van der Waals surface area contributed by atoms with Crippen molar-refractivity contribution in [2.75, 3.05) is 20.2 Å². The molecule has 0 aliphatic carbocycles. The van der Waals surface area contributed by atoms with Gasteiger partial charge in [0.15, 0.2) is 0 Å². The topological polar surface area (TPSA) is 29.5 Å². The number of esters is 1. The zero-order valence-corrected chi connectivity index (χ0v) is 9.12. The van der Waals surface area contributed by atoms with Crippen molar-refractivity contribution >= 4 is 5.97 Å². The minimum Gasteiger partial charge on any atom is -0.468 e. The SMILES string of the molecule is CC=C1CN2CC(F)CC2(C(=O)OC)C1. The number of alkyl halides is 1. The van der Waals surface area contributed by atoms with E-state index in [0.29, 0.717) is 19.5 Å². The molecule has 0 aromatic carbocycles. The highest BCUT2D eigenvalue weighted by Crippen LogP contribution is 2.42. The van der Waals surface area contributed by atoms with Crippen LogP contribution in [0.15, 0.2) is 11.6 Å². The highest BCUT2D eigenvalue weighted by molar-refractivity contribution is 5.82. The molecular weight excluding hydrogens is 197 g/mol.